The molecule has 8 heteroatoms. The second kappa shape index (κ2) is 10.2. The van der Waals surface area contributed by atoms with Crippen LogP contribution in [0.3, 0.4) is 0 Å². The first-order valence-corrected chi connectivity index (χ1v) is 11.0. The normalized spacial score (nSPS) is 15.3. The molecule has 3 aromatic rings. The number of benzene rings is 1. The van der Waals surface area contributed by atoms with Crippen LogP contribution in [-0.2, 0) is 17.8 Å². The molecule has 2 amide bonds. The highest BCUT2D eigenvalue weighted by Gasteiger charge is 2.29. The van der Waals surface area contributed by atoms with Crippen LogP contribution in [0.1, 0.15) is 45.5 Å². The van der Waals surface area contributed by atoms with Gasteiger partial charge in [0.05, 0.1) is 24.8 Å². The zero-order valence-corrected chi connectivity index (χ0v) is 18.8. The standard InChI is InChI=1S/C25H27N5O3/c1-17-22(25(32)28-14-18-6-5-8-21(12-18)33-2)15-27-24(29-17)19-9-11-30(16-19)23(31)13-20-7-3-4-10-26-20/h3-8,10,12,15,19H,9,11,13-14,16H2,1-2H3,(H,28,32)/t19-/m1/s1. The molecule has 1 atom stereocenters. The fraction of sp³-hybridized carbons (Fsp3) is 0.320. The van der Waals surface area contributed by atoms with Crippen molar-refractivity contribution in [2.75, 3.05) is 20.2 Å². The number of hydrogen-bond donors (Lipinski definition) is 1. The van der Waals surface area contributed by atoms with Crippen LogP contribution in [0.15, 0.2) is 54.9 Å². The Morgan fingerprint density at radius 2 is 2.06 bits per heavy atom. The zero-order chi connectivity index (χ0) is 23.2. The lowest BCUT2D eigenvalue weighted by molar-refractivity contribution is -0.129. The maximum Gasteiger partial charge on any atom is 0.254 e. The zero-order valence-electron chi connectivity index (χ0n) is 18.8. The second-order valence-corrected chi connectivity index (χ2v) is 8.08. The summed E-state index contributed by atoms with van der Waals surface area (Å²) in [5.74, 6) is 1.31. The number of nitrogens with one attached hydrogen (secondary N) is 1. The van der Waals surface area contributed by atoms with Gasteiger partial charge in [0.1, 0.15) is 11.6 Å². The molecular weight excluding hydrogens is 418 g/mol. The van der Waals surface area contributed by atoms with Crippen molar-refractivity contribution in [1.82, 2.24) is 25.2 Å². The van der Waals surface area contributed by atoms with E-state index in [-0.39, 0.29) is 17.7 Å². The molecule has 4 rings (SSSR count). The summed E-state index contributed by atoms with van der Waals surface area (Å²) in [4.78, 5) is 40.4. The summed E-state index contributed by atoms with van der Waals surface area (Å²) in [6.45, 7) is 3.44. The molecular formula is C25H27N5O3. The fourth-order valence-electron chi connectivity index (χ4n) is 3.93. The average molecular weight is 446 g/mol. The van der Waals surface area contributed by atoms with E-state index < -0.39 is 0 Å². The van der Waals surface area contributed by atoms with Gasteiger partial charge in [-0.2, -0.15) is 0 Å². The van der Waals surface area contributed by atoms with Gasteiger partial charge >= 0.3 is 0 Å². The molecule has 33 heavy (non-hydrogen) atoms. The van der Waals surface area contributed by atoms with E-state index in [1.807, 2.05) is 54.3 Å². The summed E-state index contributed by atoms with van der Waals surface area (Å²) in [6.07, 6.45) is 4.37. The van der Waals surface area contributed by atoms with Crippen LogP contribution in [0.25, 0.3) is 0 Å². The molecule has 0 aliphatic carbocycles. The largest absolute Gasteiger partial charge is 0.497 e. The van der Waals surface area contributed by atoms with E-state index in [4.69, 9.17) is 4.74 Å². The van der Waals surface area contributed by atoms with Gasteiger partial charge in [0.25, 0.3) is 5.91 Å². The van der Waals surface area contributed by atoms with Gasteiger partial charge in [-0.1, -0.05) is 18.2 Å². The molecule has 0 radical (unpaired) electrons. The number of nitrogens with zero attached hydrogens (tertiary/aromatic N) is 4. The molecule has 1 aliphatic rings. The van der Waals surface area contributed by atoms with Crippen molar-refractivity contribution >= 4 is 11.8 Å². The molecule has 0 spiro atoms. The van der Waals surface area contributed by atoms with Gasteiger partial charge in [0, 0.05) is 43.6 Å². The number of likely N-dealkylation sites (tertiary alicyclic amines) is 1. The molecule has 2 aromatic heterocycles. The summed E-state index contributed by atoms with van der Waals surface area (Å²) >= 11 is 0. The molecule has 1 fully saturated rings. The number of methoxy groups -OCH3 is 1. The Hall–Kier alpha value is -3.81. The third-order valence-corrected chi connectivity index (χ3v) is 5.79. The van der Waals surface area contributed by atoms with E-state index in [0.29, 0.717) is 43.1 Å². The van der Waals surface area contributed by atoms with E-state index in [1.54, 1.807) is 19.5 Å². The maximum atomic E-state index is 12.7. The Morgan fingerprint density at radius 1 is 1.18 bits per heavy atom. The number of ether oxygens (including phenoxy) is 1. The van der Waals surface area contributed by atoms with Crippen molar-refractivity contribution in [3.63, 3.8) is 0 Å². The Morgan fingerprint density at radius 3 is 2.82 bits per heavy atom. The fourth-order valence-corrected chi connectivity index (χ4v) is 3.93. The van der Waals surface area contributed by atoms with Gasteiger partial charge in [0.2, 0.25) is 5.91 Å². The molecule has 1 N–H and O–H groups in total. The predicted molar refractivity (Wildman–Crippen MR) is 123 cm³/mol. The van der Waals surface area contributed by atoms with E-state index in [1.165, 1.54) is 0 Å². The summed E-state index contributed by atoms with van der Waals surface area (Å²) in [6, 6.07) is 13.1. The van der Waals surface area contributed by atoms with E-state index in [9.17, 15) is 9.59 Å². The van der Waals surface area contributed by atoms with Crippen LogP contribution in [-0.4, -0.2) is 51.9 Å². The minimum Gasteiger partial charge on any atom is -0.497 e. The Labute approximate surface area is 193 Å². The van der Waals surface area contributed by atoms with Crippen molar-refractivity contribution < 1.29 is 14.3 Å². The minimum atomic E-state index is -0.222. The number of aromatic nitrogens is 3. The highest BCUT2D eigenvalue weighted by Crippen LogP contribution is 2.25. The van der Waals surface area contributed by atoms with Crippen LogP contribution >= 0.6 is 0 Å². The first-order chi connectivity index (χ1) is 16.0. The number of carbonyl (C=O) groups excluding carboxylic acids is 2. The van der Waals surface area contributed by atoms with Crippen LogP contribution < -0.4 is 10.1 Å². The highest BCUT2D eigenvalue weighted by molar-refractivity contribution is 5.94. The van der Waals surface area contributed by atoms with Gasteiger partial charge in [-0.05, 0) is 43.2 Å². The maximum absolute atomic E-state index is 12.7. The van der Waals surface area contributed by atoms with Gasteiger partial charge in [-0.15, -0.1) is 0 Å². The summed E-state index contributed by atoms with van der Waals surface area (Å²) < 4.78 is 5.22. The molecule has 170 valence electrons. The molecule has 0 unspecified atom stereocenters. The first-order valence-electron chi connectivity index (χ1n) is 11.0. The molecule has 8 nitrogen and oxygen atoms in total. The number of rotatable bonds is 7. The summed E-state index contributed by atoms with van der Waals surface area (Å²) in [7, 11) is 1.61. The van der Waals surface area contributed by atoms with Gasteiger partial charge in [-0.25, -0.2) is 9.97 Å². The molecule has 3 heterocycles. The summed E-state index contributed by atoms with van der Waals surface area (Å²) in [5, 5.41) is 2.91. The molecule has 1 aliphatic heterocycles. The number of pyridine rings is 1. The SMILES string of the molecule is COc1cccc(CNC(=O)c2cnc([C@@H]3CCN(C(=O)Cc4ccccn4)C3)nc2C)c1. The van der Waals surface area contributed by atoms with Gasteiger partial charge in [0.15, 0.2) is 0 Å². The van der Waals surface area contributed by atoms with Gasteiger partial charge in [-0.3, -0.25) is 14.6 Å². The minimum absolute atomic E-state index is 0.0569. The topological polar surface area (TPSA) is 97.3 Å². The second-order valence-electron chi connectivity index (χ2n) is 8.08. The molecule has 0 saturated carbocycles. The van der Waals surface area contributed by atoms with Gasteiger partial charge < -0.3 is 15.0 Å². The van der Waals surface area contributed by atoms with E-state index >= 15 is 0 Å². The van der Waals surface area contributed by atoms with E-state index in [0.717, 1.165) is 23.4 Å². The lowest BCUT2D eigenvalue weighted by Gasteiger charge is -2.16. The van der Waals surface area contributed by atoms with Crippen molar-refractivity contribution in [3.05, 3.63) is 83.2 Å². The lowest BCUT2D eigenvalue weighted by atomic mass is 10.1. The van der Waals surface area contributed by atoms with Crippen molar-refractivity contribution in [2.24, 2.45) is 0 Å². The van der Waals surface area contributed by atoms with Crippen molar-refractivity contribution in [2.45, 2.75) is 32.2 Å². The Balaban J connectivity index is 1.35. The van der Waals surface area contributed by atoms with Crippen LogP contribution in [0.2, 0.25) is 0 Å². The highest BCUT2D eigenvalue weighted by atomic mass is 16.5. The average Bonchev–Trinajstić information content (AvgIpc) is 3.34. The van der Waals surface area contributed by atoms with Crippen molar-refractivity contribution in [3.8, 4) is 5.75 Å². The molecule has 1 aromatic carbocycles. The van der Waals surface area contributed by atoms with E-state index in [2.05, 4.69) is 20.3 Å². The number of hydrogen-bond acceptors (Lipinski definition) is 6. The molecule has 0 bridgehead atoms. The smallest absolute Gasteiger partial charge is 0.254 e. The Bertz CT molecular complexity index is 1140. The van der Waals surface area contributed by atoms with Crippen molar-refractivity contribution in [1.29, 1.82) is 0 Å². The first kappa shape index (κ1) is 22.4. The number of carbonyl (C=O) groups is 2. The Kier molecular flexibility index (Phi) is 6.92. The summed E-state index contributed by atoms with van der Waals surface area (Å²) in [5.41, 5.74) is 2.78. The predicted octanol–water partition coefficient (Wildman–Crippen LogP) is 2.68. The third-order valence-electron chi connectivity index (χ3n) is 5.79. The monoisotopic (exact) mass is 445 g/mol. The number of aryl methyl sites for hydroxylation is 1. The molecule has 1 saturated heterocycles. The number of amides is 2. The van der Waals surface area contributed by atoms with Crippen LogP contribution in [0.5, 0.6) is 5.75 Å². The van der Waals surface area contributed by atoms with Crippen LogP contribution in [0.4, 0.5) is 0 Å². The quantitative estimate of drug-likeness (QED) is 0.601. The third kappa shape index (κ3) is 5.52. The van der Waals surface area contributed by atoms with Crippen LogP contribution in [0, 0.1) is 6.92 Å². The lowest BCUT2D eigenvalue weighted by Crippen LogP contribution is -2.30.